The predicted molar refractivity (Wildman–Crippen MR) is 130 cm³/mol. The van der Waals surface area contributed by atoms with Crippen LogP contribution in [0.2, 0.25) is 0 Å². The van der Waals surface area contributed by atoms with Gasteiger partial charge in [0.05, 0.1) is 18.0 Å². The third-order valence-electron chi connectivity index (χ3n) is 7.24. The van der Waals surface area contributed by atoms with E-state index in [4.69, 9.17) is 5.73 Å². The SMILES string of the molecule is NC(=O)CN1CC[C@@H](CCn2cc(F)c3c(N(Cc4ccc(C(F)(F)F)nc4)C4CC4)ncnc32)[C@H](O)C1. The number of piperidine rings is 1. The Morgan fingerprint density at radius 3 is 2.61 bits per heavy atom. The highest BCUT2D eigenvalue weighted by atomic mass is 19.4. The number of rotatable bonds is 9. The van der Waals surface area contributed by atoms with E-state index in [0.29, 0.717) is 49.5 Å². The normalized spacial score (nSPS) is 20.7. The summed E-state index contributed by atoms with van der Waals surface area (Å²) in [6, 6.07) is 2.42. The van der Waals surface area contributed by atoms with Gasteiger partial charge in [0.25, 0.3) is 0 Å². The van der Waals surface area contributed by atoms with E-state index < -0.39 is 29.7 Å². The van der Waals surface area contributed by atoms with Gasteiger partial charge in [-0.3, -0.25) is 14.7 Å². The van der Waals surface area contributed by atoms with E-state index in [1.807, 2.05) is 9.80 Å². The zero-order chi connectivity index (χ0) is 27.0. The van der Waals surface area contributed by atoms with Gasteiger partial charge in [0.1, 0.15) is 23.5 Å². The summed E-state index contributed by atoms with van der Waals surface area (Å²) < 4.78 is 55.7. The van der Waals surface area contributed by atoms with Crippen molar-refractivity contribution in [2.24, 2.45) is 11.7 Å². The Hall–Kier alpha value is -3.32. The highest BCUT2D eigenvalue weighted by molar-refractivity contribution is 5.89. The van der Waals surface area contributed by atoms with Gasteiger partial charge in [-0.1, -0.05) is 6.07 Å². The van der Waals surface area contributed by atoms with Crippen LogP contribution in [0.3, 0.4) is 0 Å². The Morgan fingerprint density at radius 1 is 1.18 bits per heavy atom. The van der Waals surface area contributed by atoms with Crippen LogP contribution in [0.4, 0.5) is 23.4 Å². The van der Waals surface area contributed by atoms with E-state index in [2.05, 4.69) is 15.0 Å². The first-order valence-corrected chi connectivity index (χ1v) is 12.6. The number of anilines is 1. The van der Waals surface area contributed by atoms with Gasteiger partial charge >= 0.3 is 6.18 Å². The van der Waals surface area contributed by atoms with E-state index in [0.717, 1.165) is 18.9 Å². The molecule has 0 unspecified atom stereocenters. The molecule has 2 atom stereocenters. The van der Waals surface area contributed by atoms with Crippen LogP contribution in [0, 0.1) is 11.7 Å². The molecule has 13 heteroatoms. The van der Waals surface area contributed by atoms with Crippen molar-refractivity contribution >= 4 is 22.8 Å². The lowest BCUT2D eigenvalue weighted by Crippen LogP contribution is -2.47. The summed E-state index contributed by atoms with van der Waals surface area (Å²) in [6.45, 7) is 1.78. The van der Waals surface area contributed by atoms with Crippen molar-refractivity contribution in [2.75, 3.05) is 24.5 Å². The second-order valence-electron chi connectivity index (χ2n) is 10.1. The lowest BCUT2D eigenvalue weighted by molar-refractivity contribution is -0.141. The number of carbonyl (C=O) groups excluding carboxylic acids is 1. The first-order valence-electron chi connectivity index (χ1n) is 12.6. The summed E-state index contributed by atoms with van der Waals surface area (Å²) in [7, 11) is 0. The van der Waals surface area contributed by atoms with Gasteiger partial charge in [-0.2, -0.15) is 13.2 Å². The largest absolute Gasteiger partial charge is 0.433 e. The molecule has 9 nitrogen and oxygen atoms in total. The lowest BCUT2D eigenvalue weighted by Gasteiger charge is -2.35. The number of amides is 1. The molecule has 4 heterocycles. The Kier molecular flexibility index (Phi) is 7.23. The minimum Gasteiger partial charge on any atom is -0.392 e. The molecule has 3 N–H and O–H groups in total. The van der Waals surface area contributed by atoms with Crippen LogP contribution in [0.15, 0.2) is 30.9 Å². The van der Waals surface area contributed by atoms with Crippen LogP contribution in [0.1, 0.15) is 36.9 Å². The fourth-order valence-electron chi connectivity index (χ4n) is 5.15. The van der Waals surface area contributed by atoms with E-state index in [9.17, 15) is 23.1 Å². The molecular weight excluding hydrogens is 506 g/mol. The second kappa shape index (κ2) is 10.4. The summed E-state index contributed by atoms with van der Waals surface area (Å²) in [4.78, 5) is 27.1. The molecule has 0 spiro atoms. The zero-order valence-electron chi connectivity index (χ0n) is 20.6. The van der Waals surface area contributed by atoms with Crippen LogP contribution in [-0.4, -0.2) is 67.2 Å². The third-order valence-corrected chi connectivity index (χ3v) is 7.24. The zero-order valence-corrected chi connectivity index (χ0v) is 20.6. The summed E-state index contributed by atoms with van der Waals surface area (Å²) >= 11 is 0. The van der Waals surface area contributed by atoms with Gasteiger partial charge in [-0.05, 0) is 49.8 Å². The number of halogens is 4. The maximum Gasteiger partial charge on any atom is 0.433 e. The number of pyridine rings is 1. The van der Waals surface area contributed by atoms with Gasteiger partial charge < -0.3 is 20.3 Å². The molecule has 38 heavy (non-hydrogen) atoms. The number of nitrogens with two attached hydrogens (primary N) is 1. The molecule has 0 bridgehead atoms. The Labute approximate surface area is 216 Å². The fourth-order valence-corrected chi connectivity index (χ4v) is 5.15. The number of nitrogens with zero attached hydrogens (tertiary/aromatic N) is 6. The second-order valence-corrected chi connectivity index (χ2v) is 10.1. The molecule has 1 saturated heterocycles. The quantitative estimate of drug-likeness (QED) is 0.405. The molecular formula is C25H29F4N7O2. The van der Waals surface area contributed by atoms with Crippen molar-refractivity contribution in [1.82, 2.24) is 24.4 Å². The third kappa shape index (κ3) is 5.73. The Balaban J connectivity index is 1.33. The van der Waals surface area contributed by atoms with Gasteiger partial charge in [-0.15, -0.1) is 0 Å². The van der Waals surface area contributed by atoms with Crippen molar-refractivity contribution in [3.05, 3.63) is 47.9 Å². The Morgan fingerprint density at radius 2 is 1.97 bits per heavy atom. The molecule has 3 aromatic heterocycles. The predicted octanol–water partition coefficient (Wildman–Crippen LogP) is 2.71. The van der Waals surface area contributed by atoms with Crippen LogP contribution in [-0.2, 0) is 24.1 Å². The average molecular weight is 536 g/mol. The number of primary amides is 1. The maximum absolute atomic E-state index is 15.3. The molecule has 2 fully saturated rings. The number of aliphatic hydroxyl groups excluding tert-OH is 1. The highest BCUT2D eigenvalue weighted by Crippen LogP contribution is 2.37. The van der Waals surface area contributed by atoms with Gasteiger partial charge in [0, 0.05) is 38.1 Å². The molecule has 3 aromatic rings. The summed E-state index contributed by atoms with van der Waals surface area (Å²) in [5, 5.41) is 10.8. The summed E-state index contributed by atoms with van der Waals surface area (Å²) in [6.07, 6.45) is 1.82. The number of β-amino-alcohol motifs (C(OH)–C–C–N with tert-alkyl or cyclic N) is 1. The first-order chi connectivity index (χ1) is 18.1. The van der Waals surface area contributed by atoms with Crippen LogP contribution in [0.5, 0.6) is 0 Å². The van der Waals surface area contributed by atoms with Crippen molar-refractivity contribution in [2.45, 2.75) is 57.1 Å². The number of alkyl halides is 3. The number of hydrogen-bond acceptors (Lipinski definition) is 7. The monoisotopic (exact) mass is 535 g/mol. The van der Waals surface area contributed by atoms with Crippen LogP contribution < -0.4 is 10.6 Å². The van der Waals surface area contributed by atoms with Gasteiger partial charge in [-0.25, -0.2) is 14.4 Å². The van der Waals surface area contributed by atoms with E-state index in [1.165, 1.54) is 24.8 Å². The molecule has 204 valence electrons. The molecule has 1 aliphatic carbocycles. The first kappa shape index (κ1) is 26.3. The molecule has 1 saturated carbocycles. The molecule has 1 aliphatic heterocycles. The van der Waals surface area contributed by atoms with E-state index >= 15 is 4.39 Å². The minimum absolute atomic E-state index is 0.0175. The molecule has 1 amide bonds. The molecule has 2 aliphatic rings. The number of hydrogen-bond donors (Lipinski definition) is 2. The summed E-state index contributed by atoms with van der Waals surface area (Å²) in [5.74, 6) is -0.539. The average Bonchev–Trinajstić information content (AvgIpc) is 3.65. The standard InChI is InChI=1S/C25H29F4N7O2/c26-18-11-35(8-6-16-5-7-34(12-19(16)37)13-21(30)38)23-22(18)24(33-14-32-23)36(17-2-3-17)10-15-1-4-20(31-9-15)25(27,28)29/h1,4,9,11,14,16-17,19,37H,2-3,5-8,10,12-13H2,(H2,30,38)/t16-,19+/m0/s1. The molecule has 0 radical (unpaired) electrons. The van der Waals surface area contributed by atoms with Crippen molar-refractivity contribution < 1.29 is 27.5 Å². The lowest BCUT2D eigenvalue weighted by atomic mass is 9.91. The summed E-state index contributed by atoms with van der Waals surface area (Å²) in [5.41, 5.74) is 5.27. The van der Waals surface area contributed by atoms with Gasteiger partial charge in [0.15, 0.2) is 5.82 Å². The number of carbonyl (C=O) groups is 1. The minimum atomic E-state index is -4.52. The molecule has 0 aromatic carbocycles. The number of aryl methyl sites for hydroxylation is 1. The number of fused-ring (bicyclic) bond motifs is 1. The van der Waals surface area contributed by atoms with E-state index in [-0.39, 0.29) is 30.4 Å². The Bertz CT molecular complexity index is 1290. The van der Waals surface area contributed by atoms with E-state index in [1.54, 1.807) is 4.57 Å². The van der Waals surface area contributed by atoms with Crippen molar-refractivity contribution in [3.63, 3.8) is 0 Å². The maximum atomic E-state index is 15.3. The van der Waals surface area contributed by atoms with Crippen molar-refractivity contribution in [3.8, 4) is 0 Å². The molecule has 5 rings (SSSR count). The van der Waals surface area contributed by atoms with Crippen molar-refractivity contribution in [1.29, 1.82) is 0 Å². The van der Waals surface area contributed by atoms with Crippen LogP contribution >= 0.6 is 0 Å². The number of aromatic nitrogens is 4. The fraction of sp³-hybridized carbons (Fsp3) is 0.520. The topological polar surface area (TPSA) is 113 Å². The van der Waals surface area contributed by atoms with Crippen LogP contribution in [0.25, 0.3) is 11.0 Å². The highest BCUT2D eigenvalue weighted by Gasteiger charge is 2.35. The number of aliphatic hydroxyl groups is 1. The smallest absolute Gasteiger partial charge is 0.392 e. The number of likely N-dealkylation sites (tertiary alicyclic amines) is 1. The van der Waals surface area contributed by atoms with Gasteiger partial charge in [0.2, 0.25) is 5.91 Å².